The van der Waals surface area contributed by atoms with Gasteiger partial charge >= 0.3 is 0 Å². The van der Waals surface area contributed by atoms with Gasteiger partial charge in [-0.25, -0.2) is 0 Å². The second kappa shape index (κ2) is 8.47. The predicted molar refractivity (Wildman–Crippen MR) is 85.6 cm³/mol. The number of rotatable bonds is 7. The monoisotopic (exact) mass is 333 g/mol. The molecule has 0 aromatic heterocycles. The van der Waals surface area contributed by atoms with E-state index in [1.807, 2.05) is 0 Å². The summed E-state index contributed by atoms with van der Waals surface area (Å²) in [5.41, 5.74) is 0.447. The van der Waals surface area contributed by atoms with E-state index in [9.17, 15) is 4.79 Å². The smallest absolute Gasteiger partial charge is 0.254 e. The SMILES string of the molecule is COCCN(CC(C)C)C(=O)c1cc(Cl)c(OC)c(Cl)c1. The third-order valence-corrected chi connectivity index (χ3v) is 3.45. The Balaban J connectivity index is 3.02. The van der Waals surface area contributed by atoms with Crippen LogP contribution in [0.2, 0.25) is 10.0 Å². The van der Waals surface area contributed by atoms with Crippen LogP contribution in [0.5, 0.6) is 5.75 Å². The summed E-state index contributed by atoms with van der Waals surface area (Å²) in [6.45, 7) is 5.76. The molecule has 0 aliphatic carbocycles. The summed E-state index contributed by atoms with van der Waals surface area (Å²) in [6.07, 6.45) is 0. The maximum atomic E-state index is 12.6. The minimum atomic E-state index is -0.118. The highest BCUT2D eigenvalue weighted by Gasteiger charge is 2.19. The Labute approximate surface area is 135 Å². The van der Waals surface area contributed by atoms with E-state index in [0.717, 1.165) is 0 Å². The quantitative estimate of drug-likeness (QED) is 0.762. The Hall–Kier alpha value is -0.970. The molecule has 0 N–H and O–H groups in total. The third-order valence-electron chi connectivity index (χ3n) is 2.89. The number of carbonyl (C=O) groups excluding carboxylic acids is 1. The van der Waals surface area contributed by atoms with Crippen LogP contribution in [0.3, 0.4) is 0 Å². The van der Waals surface area contributed by atoms with Crippen molar-refractivity contribution in [1.29, 1.82) is 0 Å². The van der Waals surface area contributed by atoms with Crippen LogP contribution in [0.1, 0.15) is 24.2 Å². The van der Waals surface area contributed by atoms with Gasteiger partial charge in [0.1, 0.15) is 0 Å². The molecule has 4 nitrogen and oxygen atoms in total. The molecule has 0 aliphatic rings. The zero-order chi connectivity index (χ0) is 16.0. The van der Waals surface area contributed by atoms with Crippen LogP contribution in [-0.4, -0.2) is 44.7 Å². The fraction of sp³-hybridized carbons (Fsp3) is 0.533. The summed E-state index contributed by atoms with van der Waals surface area (Å²) in [5.74, 6) is 0.615. The summed E-state index contributed by atoms with van der Waals surface area (Å²) >= 11 is 12.2. The number of methoxy groups -OCH3 is 2. The number of hydrogen-bond donors (Lipinski definition) is 0. The standard InChI is InChI=1S/C15H21Cl2NO3/c1-10(2)9-18(5-6-20-3)15(19)11-7-12(16)14(21-4)13(17)8-11/h7-8,10H,5-6,9H2,1-4H3. The van der Waals surface area contributed by atoms with Gasteiger partial charge in [0.25, 0.3) is 5.91 Å². The Morgan fingerprint density at radius 1 is 1.24 bits per heavy atom. The van der Waals surface area contributed by atoms with Crippen LogP contribution in [0, 0.1) is 5.92 Å². The summed E-state index contributed by atoms with van der Waals surface area (Å²) in [7, 11) is 3.09. The minimum absolute atomic E-state index is 0.118. The van der Waals surface area contributed by atoms with E-state index in [0.29, 0.717) is 47.0 Å². The first-order valence-electron chi connectivity index (χ1n) is 6.72. The lowest BCUT2D eigenvalue weighted by Crippen LogP contribution is -2.36. The van der Waals surface area contributed by atoms with Gasteiger partial charge in [0.2, 0.25) is 0 Å². The van der Waals surface area contributed by atoms with E-state index < -0.39 is 0 Å². The van der Waals surface area contributed by atoms with E-state index in [1.165, 1.54) is 7.11 Å². The fourth-order valence-electron chi connectivity index (χ4n) is 1.98. The van der Waals surface area contributed by atoms with Crippen molar-refractivity contribution in [3.63, 3.8) is 0 Å². The zero-order valence-electron chi connectivity index (χ0n) is 12.8. The van der Waals surface area contributed by atoms with Gasteiger partial charge in [-0.1, -0.05) is 37.0 Å². The molecule has 1 rings (SSSR count). The minimum Gasteiger partial charge on any atom is -0.494 e. The molecule has 1 aromatic rings. The molecule has 0 unspecified atom stereocenters. The van der Waals surface area contributed by atoms with E-state index in [4.69, 9.17) is 32.7 Å². The number of hydrogen-bond acceptors (Lipinski definition) is 3. The molecule has 0 saturated carbocycles. The highest BCUT2D eigenvalue weighted by atomic mass is 35.5. The van der Waals surface area contributed by atoms with Crippen molar-refractivity contribution in [3.05, 3.63) is 27.7 Å². The Morgan fingerprint density at radius 3 is 2.24 bits per heavy atom. The van der Waals surface area contributed by atoms with Gasteiger partial charge in [0, 0.05) is 25.8 Å². The van der Waals surface area contributed by atoms with E-state index in [-0.39, 0.29) is 5.91 Å². The lowest BCUT2D eigenvalue weighted by molar-refractivity contribution is 0.0672. The van der Waals surface area contributed by atoms with E-state index in [1.54, 1.807) is 24.1 Å². The molecule has 0 aliphatic heterocycles. The number of benzene rings is 1. The highest BCUT2D eigenvalue weighted by molar-refractivity contribution is 6.37. The maximum absolute atomic E-state index is 12.6. The van der Waals surface area contributed by atoms with Gasteiger partial charge in [-0.15, -0.1) is 0 Å². The van der Waals surface area contributed by atoms with E-state index >= 15 is 0 Å². The maximum Gasteiger partial charge on any atom is 0.254 e. The van der Waals surface area contributed by atoms with Crippen LogP contribution in [0.4, 0.5) is 0 Å². The first-order valence-corrected chi connectivity index (χ1v) is 7.47. The van der Waals surface area contributed by atoms with Crippen molar-refractivity contribution in [3.8, 4) is 5.75 Å². The topological polar surface area (TPSA) is 38.8 Å². The number of halogens is 2. The van der Waals surface area contributed by atoms with Gasteiger partial charge in [-0.3, -0.25) is 4.79 Å². The normalized spacial score (nSPS) is 10.8. The van der Waals surface area contributed by atoms with Gasteiger partial charge in [-0.05, 0) is 18.1 Å². The average molecular weight is 334 g/mol. The predicted octanol–water partition coefficient (Wildman–Crippen LogP) is 3.75. The molecule has 0 atom stereocenters. The molecule has 21 heavy (non-hydrogen) atoms. The Morgan fingerprint density at radius 2 is 1.81 bits per heavy atom. The van der Waals surface area contributed by atoms with Gasteiger partial charge in [-0.2, -0.15) is 0 Å². The number of ether oxygens (including phenoxy) is 2. The van der Waals surface area contributed by atoms with Crippen molar-refractivity contribution in [2.24, 2.45) is 5.92 Å². The second-order valence-corrected chi connectivity index (χ2v) is 5.93. The first kappa shape index (κ1) is 18.1. The van der Waals surface area contributed by atoms with Crippen molar-refractivity contribution in [2.45, 2.75) is 13.8 Å². The van der Waals surface area contributed by atoms with E-state index in [2.05, 4.69) is 13.8 Å². The van der Waals surface area contributed by atoms with Crippen molar-refractivity contribution in [1.82, 2.24) is 4.90 Å². The molecule has 1 amide bonds. The van der Waals surface area contributed by atoms with Crippen LogP contribution in [0.15, 0.2) is 12.1 Å². The zero-order valence-corrected chi connectivity index (χ0v) is 14.3. The second-order valence-electron chi connectivity index (χ2n) is 5.11. The molecule has 6 heteroatoms. The lowest BCUT2D eigenvalue weighted by Gasteiger charge is -2.24. The average Bonchev–Trinajstić information content (AvgIpc) is 2.41. The summed E-state index contributed by atoms with van der Waals surface area (Å²) < 4.78 is 10.1. The molecular weight excluding hydrogens is 313 g/mol. The van der Waals surface area contributed by atoms with Gasteiger partial charge < -0.3 is 14.4 Å². The number of nitrogens with zero attached hydrogens (tertiary/aromatic N) is 1. The number of amides is 1. The molecule has 0 spiro atoms. The molecule has 0 radical (unpaired) electrons. The summed E-state index contributed by atoms with van der Waals surface area (Å²) in [4.78, 5) is 14.3. The Bertz CT molecular complexity index is 469. The Kier molecular flexibility index (Phi) is 7.29. The van der Waals surface area contributed by atoms with Crippen LogP contribution < -0.4 is 4.74 Å². The van der Waals surface area contributed by atoms with Crippen molar-refractivity contribution >= 4 is 29.1 Å². The van der Waals surface area contributed by atoms with Crippen molar-refractivity contribution in [2.75, 3.05) is 33.9 Å². The number of carbonyl (C=O) groups is 1. The van der Waals surface area contributed by atoms with Crippen LogP contribution >= 0.6 is 23.2 Å². The third kappa shape index (κ3) is 5.06. The summed E-state index contributed by atoms with van der Waals surface area (Å²) in [6, 6.07) is 3.16. The molecule has 0 heterocycles. The fourth-order valence-corrected chi connectivity index (χ4v) is 2.62. The molecule has 0 saturated heterocycles. The lowest BCUT2D eigenvalue weighted by atomic mass is 10.1. The van der Waals surface area contributed by atoms with Gasteiger partial charge in [0.05, 0.1) is 23.8 Å². The van der Waals surface area contributed by atoms with Crippen LogP contribution in [0.25, 0.3) is 0 Å². The highest BCUT2D eigenvalue weighted by Crippen LogP contribution is 2.34. The largest absolute Gasteiger partial charge is 0.494 e. The molecule has 1 aromatic carbocycles. The van der Waals surface area contributed by atoms with Crippen LogP contribution in [-0.2, 0) is 4.74 Å². The first-order chi connectivity index (χ1) is 9.90. The summed E-state index contributed by atoms with van der Waals surface area (Å²) in [5, 5.41) is 0.647. The van der Waals surface area contributed by atoms with Crippen molar-refractivity contribution < 1.29 is 14.3 Å². The van der Waals surface area contributed by atoms with Gasteiger partial charge in [0.15, 0.2) is 5.75 Å². The molecule has 0 fully saturated rings. The molecular formula is C15H21Cl2NO3. The molecule has 0 bridgehead atoms. The molecule has 118 valence electrons.